The van der Waals surface area contributed by atoms with Crippen molar-refractivity contribution in [2.75, 3.05) is 95.1 Å². The maximum atomic E-state index is 13.1. The number of halogens is 15. The molecule has 38 nitrogen and oxygen atoms in total. The van der Waals surface area contributed by atoms with Crippen LogP contribution in [-0.4, -0.2) is 245 Å². The number of imidazole rings is 5. The minimum atomic E-state index is -4.59. The largest absolute Gasteiger partial charge is 0.434 e. The van der Waals surface area contributed by atoms with E-state index in [1.807, 2.05) is 53.1 Å². The summed E-state index contributed by atoms with van der Waals surface area (Å²) in [6, 6.07) is 8.76. The molecule has 7 aliphatic heterocycles. The van der Waals surface area contributed by atoms with E-state index in [0.29, 0.717) is 127 Å². The van der Waals surface area contributed by atoms with E-state index in [9.17, 15) is 87.5 Å². The van der Waals surface area contributed by atoms with Gasteiger partial charge in [-0.3, -0.25) is 36.8 Å². The molecular weight excluding hydrogens is 2030 g/mol. The zero-order valence-corrected chi connectivity index (χ0v) is 82.1. The van der Waals surface area contributed by atoms with E-state index < -0.39 is 84.3 Å². The van der Waals surface area contributed by atoms with Gasteiger partial charge in [0.05, 0.1) is 78.9 Å². The maximum absolute atomic E-state index is 13.1. The molecule has 1 amide bonds. The minimum Gasteiger partial charge on any atom is -0.369 e. The molecule has 8 unspecified atom stereocenters. The molecule has 5 fully saturated rings. The molecule has 55 heteroatoms. The fourth-order valence-electron chi connectivity index (χ4n) is 19.2. The zero-order chi connectivity index (χ0) is 106. The number of carbonyl (C=O) groups excluding carboxylic acids is 1. The van der Waals surface area contributed by atoms with Crippen molar-refractivity contribution in [3.05, 3.63) is 206 Å². The fraction of sp³-hybridized carbons (Fsp3) is 0.400. The third-order valence-electron chi connectivity index (χ3n) is 26.5. The Morgan fingerprint density at radius 1 is 0.373 bits per heavy atom. The number of sulfone groups is 2. The van der Waals surface area contributed by atoms with Crippen molar-refractivity contribution in [2.24, 2.45) is 45.3 Å². The molecule has 0 aromatic carbocycles. The maximum Gasteiger partial charge on any atom is 0.434 e. The SMILES string of the molecule is CC1C(C2=CCC=N2)CCCN1c1ccnc(-c2cnc3cnc(C(F)(F)F)cn23)n1.CC1CC(C(N)=O)C(C)N(c2ccnc(-c3cnc4cnc(C(F)(F)F)cn34)n2)C1.CS(=O)(=O)C1CCCN(c2ccnc(-c3cnc4cnc(C(F)(F)F)cn34)n2)C1.CS(=O)(=O)CC1CCCN(c2ccnc(-c3cnc4cnc(C(F)(F)F)cn34)n2)C1.FC(F)(F)c1cn2c(-c3nccc(N4CCCC(C5=CCC=N5)C4)n3)cnc2cn1. The second-order valence-electron chi connectivity index (χ2n) is 37.1. The lowest BCUT2D eigenvalue weighted by Crippen LogP contribution is -2.51. The number of hydrogen-bond acceptors (Lipinski definition) is 32. The van der Waals surface area contributed by atoms with Crippen LogP contribution in [0.4, 0.5) is 94.9 Å². The van der Waals surface area contributed by atoms with Crippen molar-refractivity contribution < 1.29 is 87.5 Å². The average molecular weight is 2130 g/mol. The van der Waals surface area contributed by atoms with Crippen LogP contribution in [0.2, 0.25) is 0 Å². The number of nitrogens with two attached hydrogens (primary N) is 1. The van der Waals surface area contributed by atoms with Crippen LogP contribution in [0.25, 0.3) is 85.8 Å². The van der Waals surface area contributed by atoms with Crippen LogP contribution in [-0.2, 0) is 55.4 Å². The highest BCUT2D eigenvalue weighted by molar-refractivity contribution is 7.91. The highest BCUT2D eigenvalue weighted by atomic mass is 32.2. The number of amides is 1. The first-order valence-corrected chi connectivity index (χ1v) is 51.4. The fourth-order valence-corrected chi connectivity index (χ4v) is 21.4. The predicted octanol–water partition coefficient (Wildman–Crippen LogP) is 15.2. The average Bonchev–Trinajstić information content (AvgIpc) is 1.65. The molecule has 7 aliphatic rings. The van der Waals surface area contributed by atoms with Crippen LogP contribution < -0.4 is 30.2 Å². The Hall–Kier alpha value is -15.4. The number of hydrogen-bond donors (Lipinski definition) is 1. The van der Waals surface area contributed by atoms with Crippen molar-refractivity contribution >= 4 is 95.3 Å². The van der Waals surface area contributed by atoms with Crippen LogP contribution in [0, 0.1) is 29.6 Å². The van der Waals surface area contributed by atoms with Crippen molar-refractivity contribution in [1.82, 2.24) is 122 Å². The summed E-state index contributed by atoms with van der Waals surface area (Å²) in [5.41, 5.74) is 5.73. The van der Waals surface area contributed by atoms with Gasteiger partial charge >= 0.3 is 30.9 Å². The van der Waals surface area contributed by atoms with Gasteiger partial charge in [-0.25, -0.2) is 117 Å². The predicted molar refractivity (Wildman–Crippen MR) is 520 cm³/mol. The Labute approximate surface area is 844 Å². The van der Waals surface area contributed by atoms with Crippen molar-refractivity contribution in [1.29, 1.82) is 0 Å². The molecule has 786 valence electrons. The van der Waals surface area contributed by atoms with E-state index in [4.69, 9.17) is 5.73 Å². The molecule has 0 aliphatic carbocycles. The number of allylic oxidation sites excluding steroid dienone is 2. The van der Waals surface area contributed by atoms with Gasteiger partial charge in [-0.1, -0.05) is 19.1 Å². The van der Waals surface area contributed by atoms with Gasteiger partial charge in [0.15, 0.2) is 95.7 Å². The number of rotatable bonds is 16. The number of piperidine rings is 5. The normalized spacial score (nSPS) is 20.0. The number of anilines is 5. The smallest absolute Gasteiger partial charge is 0.369 e. The van der Waals surface area contributed by atoms with Crippen LogP contribution in [0.5, 0.6) is 0 Å². The summed E-state index contributed by atoms with van der Waals surface area (Å²) in [4.78, 5) is 113. The second kappa shape index (κ2) is 42.3. The number of nitrogens with zero attached hydrogens (tertiary/aromatic N) is 32. The molecule has 15 aromatic heterocycles. The van der Waals surface area contributed by atoms with E-state index in [1.165, 1.54) is 84.1 Å². The first-order chi connectivity index (χ1) is 71.3. The van der Waals surface area contributed by atoms with E-state index in [0.717, 1.165) is 156 Å². The molecule has 22 heterocycles. The van der Waals surface area contributed by atoms with E-state index in [1.54, 1.807) is 30.6 Å². The molecule has 0 saturated carbocycles. The second-order valence-corrected chi connectivity index (χ2v) is 41.6. The summed E-state index contributed by atoms with van der Waals surface area (Å²) in [5.74, 6) is 4.79. The van der Waals surface area contributed by atoms with Crippen molar-refractivity contribution in [3.8, 4) is 57.6 Å². The van der Waals surface area contributed by atoms with Crippen LogP contribution in [0.1, 0.15) is 120 Å². The number of aromatic nitrogens is 25. The molecule has 2 N–H and O–H groups in total. The number of fused-ring (bicyclic) bond motifs is 5. The van der Waals surface area contributed by atoms with Gasteiger partial charge in [-0.05, 0) is 114 Å². The Balaban J connectivity index is 0.000000122. The first kappa shape index (κ1) is 105. The molecule has 0 spiro atoms. The highest BCUT2D eigenvalue weighted by Crippen LogP contribution is 2.41. The summed E-state index contributed by atoms with van der Waals surface area (Å²) in [6.07, 6.45) is 22.1. The van der Waals surface area contributed by atoms with E-state index in [2.05, 4.69) is 139 Å². The van der Waals surface area contributed by atoms with Gasteiger partial charge in [-0.2, -0.15) is 65.9 Å². The summed E-state index contributed by atoms with van der Waals surface area (Å²) in [5, 5.41) is -0.481. The summed E-state index contributed by atoms with van der Waals surface area (Å²) >= 11 is 0. The number of aliphatic imine (C=N–C) groups is 2. The zero-order valence-electron chi connectivity index (χ0n) is 80.4. The van der Waals surface area contributed by atoms with Gasteiger partial charge in [0.1, 0.15) is 67.4 Å². The van der Waals surface area contributed by atoms with Crippen LogP contribution >= 0.6 is 0 Å². The Bertz CT molecular complexity index is 7890. The van der Waals surface area contributed by atoms with Gasteiger partial charge < -0.3 is 30.2 Å². The molecule has 150 heavy (non-hydrogen) atoms. The van der Waals surface area contributed by atoms with Gasteiger partial charge in [0.25, 0.3) is 0 Å². The lowest BCUT2D eigenvalue weighted by molar-refractivity contribution is -0.142. The lowest BCUT2D eigenvalue weighted by atomic mass is 9.84. The molecule has 15 aromatic rings. The first-order valence-electron chi connectivity index (χ1n) is 47.4. The molecule has 0 radical (unpaired) electrons. The Morgan fingerprint density at radius 2 is 0.707 bits per heavy atom. The van der Waals surface area contributed by atoms with Crippen LogP contribution in [0.3, 0.4) is 0 Å². The molecule has 22 rings (SSSR count). The summed E-state index contributed by atoms with van der Waals surface area (Å²) in [7, 11) is -6.26. The molecule has 5 saturated heterocycles. The molecule has 0 bridgehead atoms. The summed E-state index contributed by atoms with van der Waals surface area (Å²) < 4.78 is 249. The summed E-state index contributed by atoms with van der Waals surface area (Å²) in [6.45, 7) is 11.5. The van der Waals surface area contributed by atoms with Crippen LogP contribution in [0.15, 0.2) is 188 Å². The van der Waals surface area contributed by atoms with E-state index >= 15 is 0 Å². The van der Waals surface area contributed by atoms with Gasteiger partial charge in [0, 0.05) is 187 Å². The molecule has 8 atom stereocenters. The Kier molecular flexibility index (Phi) is 29.5. The van der Waals surface area contributed by atoms with Gasteiger partial charge in [0.2, 0.25) is 5.91 Å². The van der Waals surface area contributed by atoms with Gasteiger partial charge in [-0.15, -0.1) is 0 Å². The number of alkyl halides is 15. The third-order valence-corrected chi connectivity index (χ3v) is 29.2. The van der Waals surface area contributed by atoms with Crippen molar-refractivity contribution in [3.63, 3.8) is 0 Å². The quantitative estimate of drug-likeness (QED) is 0.0878. The van der Waals surface area contributed by atoms with Crippen molar-refractivity contribution in [2.45, 2.75) is 140 Å². The number of carbonyl (C=O) groups is 1. The topological polar surface area (TPSA) is 432 Å². The lowest BCUT2D eigenvalue weighted by Gasteiger charge is -2.41. The molecular formula is C95H94F15N33O5S2. The minimum absolute atomic E-state index is 0.00313. The standard InChI is InChI=1S/C21H20F3N7.C20H18F3N7.C19H20F3N7O.C18H19F3N6O2S.C17H17F3N6O2S/c1-13-14(15-5-2-7-25-15)4-3-9-30(13)18-6-8-26-20(29-18)16-10-28-19-11-27-17(12-31(16)19)21(22,23)24;21-20(22,23)16-12-30-15(9-27-18(30)10-26-16)19-25-7-5-17(28-19)29-8-2-3-13(11-29)14-4-1-6-24-14;1-10-5-12(17(23)30)11(2)28(8-10)15-3-4-24-18(27-15)13-6-26-16-7-25-14(9-29(13)16)19(20,21)22;1-30(28,29)11-12-3-2-6-26(9-12)15-4-5-22-17(25-15)13-7-24-16-8-23-14(10-27(13)16)18(19,20)21;1-29(27,28)11-3-2-6-25(9-11)14-4-5-21-16(24-14)12-7-23-15-8-22-13(10-26(12)15)17(18,19)20/h5-8,10-14H,2-4,9H2,1H3;4-7,9-10,12-13H,1-3,8,11H2;3-4,6-7,9-12H,5,8H2,1-2H3,(H2,23,30);4-5,7-8,10,12H,2-3,6,9,11H2,1H3;4-5,7-8,10-11H,2-3,6,9H2,1H3. The highest BCUT2D eigenvalue weighted by Gasteiger charge is 2.42. The number of primary amides is 1. The van der Waals surface area contributed by atoms with E-state index in [-0.39, 0.29) is 81.6 Å². The monoisotopic (exact) mass is 2130 g/mol. The Morgan fingerprint density at radius 3 is 1.06 bits per heavy atom. The third kappa shape index (κ3) is 23.7.